The van der Waals surface area contributed by atoms with Crippen LogP contribution < -0.4 is 0 Å². The molecule has 2 aliphatic rings. The Labute approximate surface area is 136 Å². The molecule has 0 saturated heterocycles. The average Bonchev–Trinajstić information content (AvgIpc) is 3.07. The van der Waals surface area contributed by atoms with Gasteiger partial charge in [0.1, 0.15) is 0 Å². The van der Waals surface area contributed by atoms with Crippen molar-refractivity contribution < 1.29 is 0 Å². The topological polar surface area (TPSA) is 0 Å². The number of hydrogen-bond acceptors (Lipinski definition) is 0. The summed E-state index contributed by atoms with van der Waals surface area (Å²) in [5, 5.41) is 2.79. The predicted molar refractivity (Wildman–Crippen MR) is 101 cm³/mol. The Morgan fingerprint density at radius 1 is 0.913 bits per heavy atom. The monoisotopic (exact) mass is 294 g/mol. The summed E-state index contributed by atoms with van der Waals surface area (Å²) >= 11 is 0. The first-order valence-corrected chi connectivity index (χ1v) is 8.17. The number of fused-ring (bicyclic) bond motifs is 4. The highest BCUT2D eigenvalue weighted by atomic mass is 14.4. The molecule has 0 unspecified atom stereocenters. The zero-order valence-electron chi connectivity index (χ0n) is 13.5. The minimum atomic E-state index is 0.0286. The van der Waals surface area contributed by atoms with Crippen LogP contribution >= 0.6 is 0 Å². The molecular weight excluding hydrogens is 276 g/mol. The first-order chi connectivity index (χ1) is 11.1. The summed E-state index contributed by atoms with van der Waals surface area (Å²) in [6.45, 7) is 8.61. The fraction of sp³-hybridized carbons (Fsp3) is 0.130. The molecule has 0 spiro atoms. The van der Waals surface area contributed by atoms with E-state index in [1.807, 2.05) is 6.08 Å². The minimum Gasteiger partial charge on any atom is -0.0985 e. The van der Waals surface area contributed by atoms with Crippen LogP contribution in [0.25, 0.3) is 40.1 Å². The minimum absolute atomic E-state index is 0.0286. The quantitative estimate of drug-likeness (QED) is 0.388. The van der Waals surface area contributed by atoms with Gasteiger partial charge in [0.15, 0.2) is 0 Å². The van der Waals surface area contributed by atoms with Gasteiger partial charge in [0.2, 0.25) is 0 Å². The molecule has 110 valence electrons. The number of hydrogen-bond donors (Lipinski definition) is 0. The first kappa shape index (κ1) is 12.9. The maximum absolute atomic E-state index is 3.93. The van der Waals surface area contributed by atoms with Crippen LogP contribution in [0.15, 0.2) is 49.0 Å². The maximum Gasteiger partial charge on any atom is 0.0159 e. The Kier molecular flexibility index (Phi) is 2.26. The first-order valence-electron chi connectivity index (χ1n) is 8.17. The van der Waals surface area contributed by atoms with E-state index in [0.29, 0.717) is 0 Å². The van der Waals surface area contributed by atoms with Crippen molar-refractivity contribution in [2.45, 2.75) is 19.3 Å². The second-order valence-corrected chi connectivity index (χ2v) is 7.13. The fourth-order valence-corrected chi connectivity index (χ4v) is 4.35. The average molecular weight is 294 g/mol. The molecule has 0 amide bonds. The van der Waals surface area contributed by atoms with Gasteiger partial charge in [-0.25, -0.2) is 0 Å². The third-order valence-electron chi connectivity index (χ3n) is 5.56. The summed E-state index contributed by atoms with van der Waals surface area (Å²) in [5.41, 5.74) is 9.59. The third-order valence-corrected chi connectivity index (χ3v) is 5.56. The summed E-state index contributed by atoms with van der Waals surface area (Å²) < 4.78 is 0. The lowest BCUT2D eigenvalue weighted by molar-refractivity contribution is 0.660. The van der Waals surface area contributed by atoms with Gasteiger partial charge in [0.05, 0.1) is 0 Å². The Balaban J connectivity index is 1.98. The van der Waals surface area contributed by atoms with E-state index >= 15 is 0 Å². The summed E-state index contributed by atoms with van der Waals surface area (Å²) in [6.07, 6.45) is 6.43. The van der Waals surface area contributed by atoms with Gasteiger partial charge < -0.3 is 0 Å². The zero-order valence-corrected chi connectivity index (χ0v) is 13.5. The summed E-state index contributed by atoms with van der Waals surface area (Å²) in [5.74, 6) is 0. The zero-order chi connectivity index (χ0) is 15.8. The van der Waals surface area contributed by atoms with Crippen LogP contribution in [-0.4, -0.2) is 0 Å². The standard InChI is InChI=1S/C23H18/c1-4-14-8-11-17-19(12-14)23(2,3)20-13-16-10-9-15-6-5-7-18(21(15)16)22(17)20/h4-13H,1H2,2-3H3. The van der Waals surface area contributed by atoms with Crippen LogP contribution in [0, 0.1) is 0 Å². The van der Waals surface area contributed by atoms with Gasteiger partial charge in [-0.1, -0.05) is 75.1 Å². The molecule has 0 saturated carbocycles. The van der Waals surface area contributed by atoms with Crippen molar-refractivity contribution in [3.05, 3.63) is 76.9 Å². The van der Waals surface area contributed by atoms with Crippen molar-refractivity contribution in [3.8, 4) is 11.1 Å². The molecule has 5 rings (SSSR count). The molecule has 3 aromatic carbocycles. The molecule has 0 heterocycles. The maximum atomic E-state index is 3.93. The van der Waals surface area contributed by atoms with Crippen LogP contribution in [-0.2, 0) is 5.41 Å². The van der Waals surface area contributed by atoms with E-state index in [0.717, 1.165) is 0 Å². The van der Waals surface area contributed by atoms with E-state index in [2.05, 4.69) is 75.0 Å². The molecule has 23 heavy (non-hydrogen) atoms. The van der Waals surface area contributed by atoms with Gasteiger partial charge >= 0.3 is 0 Å². The molecule has 0 radical (unpaired) electrons. The van der Waals surface area contributed by atoms with E-state index in [9.17, 15) is 0 Å². The predicted octanol–water partition coefficient (Wildman–Crippen LogP) is 6.27. The third kappa shape index (κ3) is 1.46. The van der Waals surface area contributed by atoms with Crippen LogP contribution in [0.3, 0.4) is 0 Å². The van der Waals surface area contributed by atoms with Gasteiger partial charge in [0.25, 0.3) is 0 Å². The van der Waals surface area contributed by atoms with Crippen LogP contribution in [0.2, 0.25) is 0 Å². The molecule has 0 fully saturated rings. The SMILES string of the molecule is C=Cc1ccc2c(c1)C(C)(C)c1cc3c4c(cccc4c1-2)C=C3. The smallest absolute Gasteiger partial charge is 0.0159 e. The van der Waals surface area contributed by atoms with Crippen molar-refractivity contribution in [1.82, 2.24) is 0 Å². The normalized spacial score (nSPS) is 15.7. The molecule has 2 aliphatic carbocycles. The van der Waals surface area contributed by atoms with Gasteiger partial charge in [-0.15, -0.1) is 0 Å². The fourth-order valence-electron chi connectivity index (χ4n) is 4.35. The van der Waals surface area contributed by atoms with Crippen molar-refractivity contribution in [3.63, 3.8) is 0 Å². The Bertz CT molecular complexity index is 1050. The molecule has 0 bridgehead atoms. The Morgan fingerprint density at radius 3 is 2.57 bits per heavy atom. The second-order valence-electron chi connectivity index (χ2n) is 7.13. The van der Waals surface area contributed by atoms with Gasteiger partial charge in [-0.2, -0.15) is 0 Å². The molecule has 0 nitrogen and oxygen atoms in total. The highest BCUT2D eigenvalue weighted by molar-refractivity contribution is 6.12. The molecule has 0 aromatic heterocycles. The van der Waals surface area contributed by atoms with Crippen LogP contribution in [0.1, 0.15) is 41.7 Å². The summed E-state index contributed by atoms with van der Waals surface area (Å²) in [6, 6.07) is 15.8. The van der Waals surface area contributed by atoms with Gasteiger partial charge in [-0.05, 0) is 55.8 Å². The Morgan fingerprint density at radius 2 is 1.74 bits per heavy atom. The van der Waals surface area contributed by atoms with Crippen molar-refractivity contribution in [2.24, 2.45) is 0 Å². The van der Waals surface area contributed by atoms with E-state index in [1.54, 1.807) is 0 Å². The lowest BCUT2D eigenvalue weighted by atomic mass is 9.81. The van der Waals surface area contributed by atoms with E-state index in [4.69, 9.17) is 0 Å². The van der Waals surface area contributed by atoms with Crippen molar-refractivity contribution in [1.29, 1.82) is 0 Å². The summed E-state index contributed by atoms with van der Waals surface area (Å²) in [4.78, 5) is 0. The molecule has 0 N–H and O–H groups in total. The van der Waals surface area contributed by atoms with Crippen LogP contribution in [0.4, 0.5) is 0 Å². The number of benzene rings is 3. The lowest BCUT2D eigenvalue weighted by Gasteiger charge is -2.22. The van der Waals surface area contributed by atoms with Crippen LogP contribution in [0.5, 0.6) is 0 Å². The largest absolute Gasteiger partial charge is 0.0985 e. The van der Waals surface area contributed by atoms with E-state index < -0.39 is 0 Å². The Hall–Kier alpha value is -2.60. The van der Waals surface area contributed by atoms with Crippen molar-refractivity contribution >= 4 is 29.0 Å². The van der Waals surface area contributed by atoms with Gasteiger partial charge in [-0.3, -0.25) is 0 Å². The second kappa shape index (κ2) is 4.02. The van der Waals surface area contributed by atoms with E-state index in [1.165, 1.54) is 49.7 Å². The molecule has 0 heteroatoms. The molecule has 0 aliphatic heterocycles. The van der Waals surface area contributed by atoms with Gasteiger partial charge in [0, 0.05) is 5.41 Å². The number of rotatable bonds is 1. The lowest BCUT2D eigenvalue weighted by Crippen LogP contribution is -2.15. The molecule has 0 atom stereocenters. The van der Waals surface area contributed by atoms with E-state index in [-0.39, 0.29) is 5.41 Å². The van der Waals surface area contributed by atoms with Crippen molar-refractivity contribution in [2.75, 3.05) is 0 Å². The summed E-state index contributed by atoms with van der Waals surface area (Å²) in [7, 11) is 0. The highest BCUT2D eigenvalue weighted by Crippen LogP contribution is 2.53. The molecular formula is C23H18. The molecule has 3 aromatic rings. The highest BCUT2D eigenvalue weighted by Gasteiger charge is 2.37.